The van der Waals surface area contributed by atoms with Crippen LogP contribution in [0.15, 0.2) is 121 Å². The molecule has 222 valence electrons. The van der Waals surface area contributed by atoms with E-state index >= 15 is 0 Å². The van der Waals surface area contributed by atoms with Crippen LogP contribution >= 0.6 is 0 Å². The first kappa shape index (κ1) is 28.9. The molecule has 6 aromatic carbocycles. The molecule has 0 aliphatic heterocycles. The van der Waals surface area contributed by atoms with Gasteiger partial charge in [-0.25, -0.2) is 0 Å². The van der Waals surface area contributed by atoms with Crippen molar-refractivity contribution in [2.45, 2.75) is 32.9 Å². The molecule has 1 atom stereocenters. The van der Waals surface area contributed by atoms with Gasteiger partial charge in [-0.05, 0) is 107 Å². The Morgan fingerprint density at radius 3 is 2.04 bits per heavy atom. The molecular formula is C42H33F3. The lowest BCUT2D eigenvalue weighted by Gasteiger charge is -2.18. The summed E-state index contributed by atoms with van der Waals surface area (Å²) in [4.78, 5) is 0. The zero-order valence-corrected chi connectivity index (χ0v) is 25.5. The van der Waals surface area contributed by atoms with E-state index < -0.39 is 11.7 Å². The Hall–Kier alpha value is -4.89. The van der Waals surface area contributed by atoms with Crippen molar-refractivity contribution >= 4 is 33.7 Å². The second-order valence-electron chi connectivity index (χ2n) is 12.3. The van der Waals surface area contributed by atoms with Crippen molar-refractivity contribution in [3.63, 3.8) is 0 Å². The fraction of sp³-hybridized carbons (Fsp3) is 0.143. The van der Waals surface area contributed by atoms with Crippen molar-refractivity contribution in [1.29, 1.82) is 0 Å². The summed E-state index contributed by atoms with van der Waals surface area (Å²) >= 11 is 0. The summed E-state index contributed by atoms with van der Waals surface area (Å²) in [5, 5.41) is 6.70. The molecule has 0 radical (unpaired) electrons. The monoisotopic (exact) mass is 594 g/mol. The minimum atomic E-state index is -4.41. The van der Waals surface area contributed by atoms with Crippen molar-refractivity contribution in [3.05, 3.63) is 143 Å². The van der Waals surface area contributed by atoms with E-state index in [0.717, 1.165) is 60.5 Å². The molecule has 3 heteroatoms. The van der Waals surface area contributed by atoms with Crippen molar-refractivity contribution in [3.8, 4) is 33.4 Å². The van der Waals surface area contributed by atoms with E-state index in [1.54, 1.807) is 6.07 Å². The van der Waals surface area contributed by atoms with Crippen LogP contribution in [0, 0.1) is 5.92 Å². The maximum absolute atomic E-state index is 13.7. The van der Waals surface area contributed by atoms with E-state index in [2.05, 4.69) is 118 Å². The Bertz CT molecular complexity index is 2230. The highest BCUT2D eigenvalue weighted by atomic mass is 19.4. The van der Waals surface area contributed by atoms with E-state index in [1.807, 2.05) is 12.1 Å². The number of hydrogen-bond acceptors (Lipinski definition) is 0. The second kappa shape index (κ2) is 11.2. The first-order valence-corrected chi connectivity index (χ1v) is 15.4. The van der Waals surface area contributed by atoms with Crippen LogP contribution in [0.5, 0.6) is 0 Å². The van der Waals surface area contributed by atoms with E-state index in [0.29, 0.717) is 11.5 Å². The lowest BCUT2D eigenvalue weighted by molar-refractivity contribution is -0.137. The molecule has 0 bridgehead atoms. The summed E-state index contributed by atoms with van der Waals surface area (Å²) in [7, 11) is 0. The zero-order valence-electron chi connectivity index (χ0n) is 25.5. The van der Waals surface area contributed by atoms with Crippen molar-refractivity contribution < 1.29 is 13.2 Å². The number of fused-ring (bicyclic) bond motifs is 3. The summed E-state index contributed by atoms with van der Waals surface area (Å²) in [5.74, 6) is 0.601. The molecule has 6 aromatic rings. The molecule has 0 saturated carbocycles. The standard InChI is InChI=1S/C42H33F3/c1-26(2)28-14-17-30(18-15-28)40-38-22-27(3)8-6-13-36(38)41(34-19-16-29-9-4-5-10-31(29)23-34)37-21-20-33(25-39(37)40)32-11-7-12-35(24-32)42(43,44)45/h4-27H,1-3H3. The molecular weight excluding hydrogens is 561 g/mol. The van der Waals surface area contributed by atoms with Gasteiger partial charge in [-0.3, -0.25) is 0 Å². The van der Waals surface area contributed by atoms with Crippen LogP contribution in [0.4, 0.5) is 13.2 Å². The first-order valence-electron chi connectivity index (χ1n) is 15.4. The van der Waals surface area contributed by atoms with Crippen molar-refractivity contribution in [2.75, 3.05) is 0 Å². The van der Waals surface area contributed by atoms with Gasteiger partial charge >= 0.3 is 6.18 Å². The highest BCUT2D eigenvalue weighted by Crippen LogP contribution is 2.38. The molecule has 1 aliphatic rings. The van der Waals surface area contributed by atoms with Gasteiger partial charge in [0, 0.05) is 0 Å². The van der Waals surface area contributed by atoms with Gasteiger partial charge in [0.15, 0.2) is 0 Å². The van der Waals surface area contributed by atoms with Gasteiger partial charge in [0.25, 0.3) is 0 Å². The third-order valence-electron chi connectivity index (χ3n) is 8.92. The molecule has 1 unspecified atom stereocenters. The van der Waals surface area contributed by atoms with Crippen LogP contribution in [0.2, 0.25) is 0 Å². The Labute approximate surface area is 261 Å². The topological polar surface area (TPSA) is 0 Å². The summed E-state index contributed by atoms with van der Waals surface area (Å²) in [6.07, 6.45) is 4.47. The molecule has 0 fully saturated rings. The summed E-state index contributed by atoms with van der Waals surface area (Å²) in [6, 6.07) is 35.5. The smallest absolute Gasteiger partial charge is 0.166 e. The molecule has 0 N–H and O–H groups in total. The Morgan fingerprint density at radius 2 is 1.29 bits per heavy atom. The highest BCUT2D eigenvalue weighted by molar-refractivity contribution is 6.08. The van der Waals surface area contributed by atoms with E-state index in [1.165, 1.54) is 23.1 Å². The van der Waals surface area contributed by atoms with Crippen LogP contribution < -0.4 is 10.4 Å². The number of rotatable bonds is 4. The summed E-state index contributed by atoms with van der Waals surface area (Å²) < 4.78 is 41.1. The van der Waals surface area contributed by atoms with Gasteiger partial charge in [0.05, 0.1) is 5.56 Å². The zero-order chi connectivity index (χ0) is 31.3. The summed E-state index contributed by atoms with van der Waals surface area (Å²) in [6.45, 7) is 6.56. The predicted molar refractivity (Wildman–Crippen MR) is 183 cm³/mol. The number of halogens is 3. The molecule has 0 heterocycles. The van der Waals surface area contributed by atoms with Gasteiger partial charge in [0.1, 0.15) is 0 Å². The fourth-order valence-electron chi connectivity index (χ4n) is 6.58. The third kappa shape index (κ3) is 5.37. The average Bonchev–Trinajstić information content (AvgIpc) is 3.23. The normalized spacial score (nSPS) is 14.7. The van der Waals surface area contributed by atoms with Gasteiger partial charge in [0.2, 0.25) is 0 Å². The molecule has 0 spiro atoms. The van der Waals surface area contributed by atoms with Gasteiger partial charge in [-0.15, -0.1) is 0 Å². The van der Waals surface area contributed by atoms with E-state index in [9.17, 15) is 13.2 Å². The molecule has 45 heavy (non-hydrogen) atoms. The quantitative estimate of drug-likeness (QED) is 0.190. The van der Waals surface area contributed by atoms with Gasteiger partial charge < -0.3 is 0 Å². The van der Waals surface area contributed by atoms with Crippen LogP contribution in [-0.4, -0.2) is 0 Å². The number of alkyl halides is 3. The summed E-state index contributed by atoms with van der Waals surface area (Å²) in [5.41, 5.74) is 6.33. The average molecular weight is 595 g/mol. The molecule has 0 aromatic heterocycles. The van der Waals surface area contributed by atoms with Crippen LogP contribution in [0.3, 0.4) is 0 Å². The van der Waals surface area contributed by atoms with Crippen molar-refractivity contribution in [2.24, 2.45) is 5.92 Å². The molecule has 1 aliphatic carbocycles. The third-order valence-corrected chi connectivity index (χ3v) is 8.92. The fourth-order valence-corrected chi connectivity index (χ4v) is 6.58. The Balaban J connectivity index is 1.61. The molecule has 0 saturated heterocycles. The highest BCUT2D eigenvalue weighted by Gasteiger charge is 2.30. The van der Waals surface area contributed by atoms with E-state index in [4.69, 9.17) is 0 Å². The number of benzene rings is 6. The lowest BCUT2D eigenvalue weighted by Crippen LogP contribution is -2.30. The lowest BCUT2D eigenvalue weighted by atomic mass is 9.85. The Morgan fingerprint density at radius 1 is 0.600 bits per heavy atom. The van der Waals surface area contributed by atoms with Crippen LogP contribution in [0.25, 0.3) is 67.1 Å². The van der Waals surface area contributed by atoms with Gasteiger partial charge in [-0.1, -0.05) is 130 Å². The Kier molecular flexibility index (Phi) is 7.20. The van der Waals surface area contributed by atoms with Crippen LogP contribution in [0.1, 0.15) is 37.8 Å². The maximum atomic E-state index is 13.7. The molecule has 7 rings (SSSR count). The second-order valence-corrected chi connectivity index (χ2v) is 12.3. The van der Waals surface area contributed by atoms with Crippen LogP contribution in [-0.2, 0) is 6.18 Å². The first-order chi connectivity index (χ1) is 21.7. The van der Waals surface area contributed by atoms with Crippen molar-refractivity contribution in [1.82, 2.24) is 0 Å². The maximum Gasteiger partial charge on any atom is 0.416 e. The predicted octanol–water partition coefficient (Wildman–Crippen LogP) is 10.9. The van der Waals surface area contributed by atoms with E-state index in [-0.39, 0.29) is 5.92 Å². The molecule has 0 nitrogen and oxygen atoms in total. The molecule has 0 amide bonds. The minimum Gasteiger partial charge on any atom is -0.166 e. The number of hydrogen-bond donors (Lipinski definition) is 0. The SMILES string of the molecule is CC1C=CC=c2c(-c3ccc4ccccc4c3)c3ccc(-c4cccc(C(F)(F)F)c4)cc3c(-c3ccc(C(C)C)cc3)c2=C1. The minimum absolute atomic E-state index is 0.199. The largest absolute Gasteiger partial charge is 0.416 e. The van der Waals surface area contributed by atoms with Gasteiger partial charge in [-0.2, -0.15) is 13.2 Å². The number of allylic oxidation sites excluding steroid dienone is 2.